The molecule has 0 aromatic heterocycles. The molecule has 0 radical (unpaired) electrons. The van der Waals surface area contributed by atoms with E-state index in [1.165, 1.54) is 12.8 Å². The van der Waals surface area contributed by atoms with Crippen LogP contribution in [0.3, 0.4) is 0 Å². The molecule has 17 heavy (non-hydrogen) atoms. The van der Waals surface area contributed by atoms with Crippen molar-refractivity contribution in [1.82, 2.24) is 0 Å². The number of hydrogen-bond acceptors (Lipinski definition) is 2. The van der Waals surface area contributed by atoms with Crippen LogP contribution in [0.1, 0.15) is 42.6 Å². The maximum absolute atomic E-state index is 11.2. The number of aromatic carboxylic acids is 1. The van der Waals surface area contributed by atoms with E-state index in [-0.39, 0.29) is 5.54 Å². The van der Waals surface area contributed by atoms with Gasteiger partial charge in [0, 0.05) is 5.54 Å². The molecule has 3 heteroatoms. The van der Waals surface area contributed by atoms with Gasteiger partial charge in [-0.25, -0.2) is 4.79 Å². The second kappa shape index (κ2) is 4.06. The van der Waals surface area contributed by atoms with E-state index in [9.17, 15) is 9.90 Å². The van der Waals surface area contributed by atoms with Gasteiger partial charge in [-0.1, -0.05) is 12.1 Å². The van der Waals surface area contributed by atoms with Crippen molar-refractivity contribution in [3.63, 3.8) is 0 Å². The molecule has 1 fully saturated rings. The van der Waals surface area contributed by atoms with Gasteiger partial charge in [0.15, 0.2) is 0 Å². The van der Waals surface area contributed by atoms with Gasteiger partial charge in [-0.15, -0.1) is 0 Å². The van der Waals surface area contributed by atoms with Gasteiger partial charge in [-0.3, -0.25) is 0 Å². The van der Waals surface area contributed by atoms with Crippen LogP contribution in [0.5, 0.6) is 0 Å². The molecule has 1 aromatic rings. The van der Waals surface area contributed by atoms with E-state index >= 15 is 0 Å². The van der Waals surface area contributed by atoms with E-state index < -0.39 is 5.97 Å². The van der Waals surface area contributed by atoms with Crippen molar-refractivity contribution in [2.75, 3.05) is 5.32 Å². The van der Waals surface area contributed by atoms with Gasteiger partial charge < -0.3 is 10.4 Å². The largest absolute Gasteiger partial charge is 0.478 e. The Labute approximate surface area is 102 Å². The number of carbonyl (C=O) groups is 1. The van der Waals surface area contributed by atoms with Gasteiger partial charge in [0.1, 0.15) is 0 Å². The molecule has 0 bridgehead atoms. The van der Waals surface area contributed by atoms with Gasteiger partial charge in [-0.2, -0.15) is 0 Å². The normalized spacial score (nSPS) is 15.7. The van der Waals surface area contributed by atoms with Crippen molar-refractivity contribution in [1.29, 1.82) is 0 Å². The number of nitrogens with one attached hydrogen (secondary N) is 1. The van der Waals surface area contributed by atoms with E-state index in [4.69, 9.17) is 0 Å². The summed E-state index contributed by atoms with van der Waals surface area (Å²) in [6.07, 6.45) is 2.46. The third-order valence-corrected chi connectivity index (χ3v) is 3.55. The fourth-order valence-electron chi connectivity index (χ4n) is 2.24. The summed E-state index contributed by atoms with van der Waals surface area (Å²) in [5.74, 6) is -0.216. The van der Waals surface area contributed by atoms with Crippen LogP contribution in [0.25, 0.3) is 0 Å². The first-order chi connectivity index (χ1) is 7.92. The Morgan fingerprint density at radius 1 is 1.41 bits per heavy atom. The Balaban J connectivity index is 2.33. The second-order valence-corrected chi connectivity index (χ2v) is 5.42. The Hall–Kier alpha value is -1.51. The molecule has 0 amide bonds. The monoisotopic (exact) mass is 233 g/mol. The quantitative estimate of drug-likeness (QED) is 0.839. The van der Waals surface area contributed by atoms with Crippen LogP contribution in [0, 0.1) is 12.8 Å². The molecule has 0 aliphatic heterocycles. The molecule has 0 saturated heterocycles. The van der Waals surface area contributed by atoms with Gasteiger partial charge in [0.25, 0.3) is 0 Å². The summed E-state index contributed by atoms with van der Waals surface area (Å²) in [6, 6.07) is 5.38. The van der Waals surface area contributed by atoms with Crippen LogP contribution in [-0.2, 0) is 0 Å². The molecule has 1 aliphatic carbocycles. The van der Waals surface area contributed by atoms with E-state index in [1.807, 2.05) is 13.0 Å². The first-order valence-corrected chi connectivity index (χ1v) is 6.03. The minimum absolute atomic E-state index is 0.0314. The maximum Gasteiger partial charge on any atom is 0.337 e. The first kappa shape index (κ1) is 12.0. The zero-order chi connectivity index (χ0) is 12.6. The highest BCUT2D eigenvalue weighted by Gasteiger charge is 2.38. The molecule has 1 aromatic carbocycles. The number of carboxylic acid groups (broad SMARTS) is 1. The maximum atomic E-state index is 11.2. The fraction of sp³-hybridized carbons (Fsp3) is 0.500. The van der Waals surface area contributed by atoms with Crippen molar-refractivity contribution >= 4 is 11.7 Å². The van der Waals surface area contributed by atoms with Crippen LogP contribution in [-0.4, -0.2) is 16.6 Å². The van der Waals surface area contributed by atoms with Crippen molar-refractivity contribution in [3.8, 4) is 0 Å². The summed E-state index contributed by atoms with van der Waals surface area (Å²) in [4.78, 5) is 11.2. The predicted molar refractivity (Wildman–Crippen MR) is 68.6 cm³/mol. The average molecular weight is 233 g/mol. The smallest absolute Gasteiger partial charge is 0.337 e. The lowest BCUT2D eigenvalue weighted by atomic mass is 9.96. The van der Waals surface area contributed by atoms with Crippen molar-refractivity contribution in [2.45, 2.75) is 39.2 Å². The fourth-order valence-corrected chi connectivity index (χ4v) is 2.24. The van der Waals surface area contributed by atoms with E-state index in [0.29, 0.717) is 11.5 Å². The molecular weight excluding hydrogens is 214 g/mol. The number of carboxylic acids is 1. The molecule has 0 unspecified atom stereocenters. The molecule has 1 saturated carbocycles. The zero-order valence-electron chi connectivity index (χ0n) is 10.6. The number of rotatable bonds is 4. The molecule has 92 valence electrons. The zero-order valence-corrected chi connectivity index (χ0v) is 10.6. The Morgan fingerprint density at radius 2 is 2.06 bits per heavy atom. The minimum atomic E-state index is -0.872. The lowest BCUT2D eigenvalue weighted by Crippen LogP contribution is -2.34. The number of para-hydroxylation sites is 1. The lowest BCUT2D eigenvalue weighted by molar-refractivity contribution is 0.0697. The average Bonchev–Trinajstić information content (AvgIpc) is 3.03. The highest BCUT2D eigenvalue weighted by atomic mass is 16.4. The Bertz CT molecular complexity index is 448. The third-order valence-electron chi connectivity index (χ3n) is 3.55. The molecule has 0 spiro atoms. The lowest BCUT2D eigenvalue weighted by Gasteiger charge is -2.29. The molecule has 0 atom stereocenters. The molecular formula is C14H19NO2. The number of benzene rings is 1. The summed E-state index contributed by atoms with van der Waals surface area (Å²) in [7, 11) is 0. The third kappa shape index (κ3) is 2.43. The molecule has 3 nitrogen and oxygen atoms in total. The topological polar surface area (TPSA) is 49.3 Å². The molecule has 2 N–H and O–H groups in total. The van der Waals surface area contributed by atoms with Crippen molar-refractivity contribution < 1.29 is 9.90 Å². The van der Waals surface area contributed by atoms with E-state index in [0.717, 1.165) is 11.3 Å². The van der Waals surface area contributed by atoms with Crippen molar-refractivity contribution in [2.24, 2.45) is 5.92 Å². The van der Waals surface area contributed by atoms with Crippen LogP contribution in [0.4, 0.5) is 5.69 Å². The Morgan fingerprint density at radius 3 is 2.59 bits per heavy atom. The first-order valence-electron chi connectivity index (χ1n) is 6.03. The standard InChI is InChI=1S/C14H19NO2/c1-9-5-4-6-11(13(16)17)12(9)15-14(2,3)10-7-8-10/h4-6,10,15H,7-8H2,1-3H3,(H,16,17). The number of aryl methyl sites for hydroxylation is 1. The predicted octanol–water partition coefficient (Wildman–Crippen LogP) is 3.29. The minimum Gasteiger partial charge on any atom is -0.478 e. The van der Waals surface area contributed by atoms with Crippen LogP contribution >= 0.6 is 0 Å². The summed E-state index contributed by atoms with van der Waals surface area (Å²) in [5, 5.41) is 12.6. The summed E-state index contributed by atoms with van der Waals surface area (Å²) in [5.41, 5.74) is 2.07. The second-order valence-electron chi connectivity index (χ2n) is 5.42. The van der Waals surface area contributed by atoms with Gasteiger partial charge in [0.2, 0.25) is 0 Å². The Kier molecular flexibility index (Phi) is 2.86. The molecule has 0 heterocycles. The van der Waals surface area contributed by atoms with Crippen LogP contribution < -0.4 is 5.32 Å². The van der Waals surface area contributed by atoms with Crippen molar-refractivity contribution in [3.05, 3.63) is 29.3 Å². The van der Waals surface area contributed by atoms with Crippen LogP contribution in [0.15, 0.2) is 18.2 Å². The van der Waals surface area contributed by atoms with Gasteiger partial charge in [0.05, 0.1) is 11.3 Å². The van der Waals surface area contributed by atoms with Crippen LogP contribution in [0.2, 0.25) is 0 Å². The summed E-state index contributed by atoms with van der Waals surface area (Å²) >= 11 is 0. The van der Waals surface area contributed by atoms with E-state index in [1.54, 1.807) is 12.1 Å². The molecule has 1 aliphatic rings. The highest BCUT2D eigenvalue weighted by molar-refractivity contribution is 5.95. The highest BCUT2D eigenvalue weighted by Crippen LogP contribution is 2.41. The number of anilines is 1. The summed E-state index contributed by atoms with van der Waals surface area (Å²) < 4.78 is 0. The van der Waals surface area contributed by atoms with Gasteiger partial charge in [-0.05, 0) is 51.2 Å². The van der Waals surface area contributed by atoms with E-state index in [2.05, 4.69) is 19.2 Å². The number of hydrogen-bond donors (Lipinski definition) is 2. The van der Waals surface area contributed by atoms with Gasteiger partial charge >= 0.3 is 5.97 Å². The summed E-state index contributed by atoms with van der Waals surface area (Å²) in [6.45, 7) is 6.23. The molecule has 2 rings (SSSR count). The SMILES string of the molecule is Cc1cccc(C(=O)O)c1NC(C)(C)C1CC1.